The first-order valence-electron chi connectivity index (χ1n) is 10.1. The number of carbonyl (C=O) groups excluding carboxylic acids is 2. The van der Waals surface area contributed by atoms with E-state index < -0.39 is 0 Å². The maximum atomic E-state index is 12.7. The summed E-state index contributed by atoms with van der Waals surface area (Å²) in [5.74, 6) is 1.41. The highest BCUT2D eigenvalue weighted by Crippen LogP contribution is 2.40. The first kappa shape index (κ1) is 21.6. The molecule has 3 heterocycles. The van der Waals surface area contributed by atoms with Crippen molar-refractivity contribution in [1.82, 2.24) is 24.6 Å². The molecular formula is C19H25ClN6O2S2. The molecule has 2 aromatic heterocycles. The van der Waals surface area contributed by atoms with Gasteiger partial charge in [0.05, 0.1) is 10.1 Å². The summed E-state index contributed by atoms with van der Waals surface area (Å²) in [6.45, 7) is 4.50. The van der Waals surface area contributed by atoms with Gasteiger partial charge in [-0.3, -0.25) is 14.5 Å². The SMILES string of the molecule is NC(=O)CCn1c(SCC(=O)N2CCN(Cc3ccc(Cl)s3)CC2)nnc1C1CC1. The van der Waals surface area contributed by atoms with Gasteiger partial charge in [0.1, 0.15) is 5.82 Å². The highest BCUT2D eigenvalue weighted by molar-refractivity contribution is 7.99. The lowest BCUT2D eigenvalue weighted by Crippen LogP contribution is -2.48. The van der Waals surface area contributed by atoms with E-state index in [-0.39, 0.29) is 18.2 Å². The predicted octanol–water partition coefficient (Wildman–Crippen LogP) is 2.18. The lowest BCUT2D eigenvalue weighted by molar-refractivity contribution is -0.130. The zero-order valence-corrected chi connectivity index (χ0v) is 19.0. The molecule has 162 valence electrons. The quantitative estimate of drug-likeness (QED) is 0.566. The molecule has 2 N–H and O–H groups in total. The van der Waals surface area contributed by atoms with Crippen molar-refractivity contribution in [1.29, 1.82) is 0 Å². The molecular weight excluding hydrogens is 444 g/mol. The van der Waals surface area contributed by atoms with Crippen LogP contribution < -0.4 is 5.73 Å². The maximum absolute atomic E-state index is 12.7. The van der Waals surface area contributed by atoms with Crippen molar-refractivity contribution < 1.29 is 9.59 Å². The van der Waals surface area contributed by atoms with Crippen LogP contribution in [0.1, 0.15) is 35.9 Å². The molecule has 0 unspecified atom stereocenters. The van der Waals surface area contributed by atoms with Gasteiger partial charge in [-0.1, -0.05) is 23.4 Å². The van der Waals surface area contributed by atoms with Crippen LogP contribution in [0.5, 0.6) is 0 Å². The Hall–Kier alpha value is -1.62. The summed E-state index contributed by atoms with van der Waals surface area (Å²) in [4.78, 5) is 29.4. The summed E-state index contributed by atoms with van der Waals surface area (Å²) in [6, 6.07) is 3.99. The summed E-state index contributed by atoms with van der Waals surface area (Å²) in [5, 5.41) is 9.26. The molecule has 4 rings (SSSR count). The summed E-state index contributed by atoms with van der Waals surface area (Å²) in [5.41, 5.74) is 5.31. The van der Waals surface area contributed by atoms with Crippen LogP contribution in [0.25, 0.3) is 0 Å². The monoisotopic (exact) mass is 468 g/mol. The van der Waals surface area contributed by atoms with Crippen LogP contribution in [0.2, 0.25) is 4.34 Å². The van der Waals surface area contributed by atoms with Crippen LogP contribution in [-0.2, 0) is 22.7 Å². The number of nitrogens with zero attached hydrogens (tertiary/aromatic N) is 5. The van der Waals surface area contributed by atoms with E-state index in [2.05, 4.69) is 21.2 Å². The molecule has 0 radical (unpaired) electrons. The molecule has 1 saturated carbocycles. The van der Waals surface area contributed by atoms with Crippen molar-refractivity contribution in [2.24, 2.45) is 5.73 Å². The molecule has 1 aliphatic heterocycles. The molecule has 8 nitrogen and oxygen atoms in total. The Morgan fingerprint density at radius 2 is 1.97 bits per heavy atom. The minimum absolute atomic E-state index is 0.108. The fraction of sp³-hybridized carbons (Fsp3) is 0.579. The third kappa shape index (κ3) is 5.54. The van der Waals surface area contributed by atoms with E-state index >= 15 is 0 Å². The van der Waals surface area contributed by atoms with Gasteiger partial charge in [0.25, 0.3) is 0 Å². The average Bonchev–Trinajstić information content (AvgIpc) is 3.37. The van der Waals surface area contributed by atoms with Crippen molar-refractivity contribution in [2.45, 2.75) is 43.4 Å². The summed E-state index contributed by atoms with van der Waals surface area (Å²) >= 11 is 9.00. The molecule has 11 heteroatoms. The number of hydrogen-bond donors (Lipinski definition) is 1. The number of piperazine rings is 1. The van der Waals surface area contributed by atoms with E-state index in [4.69, 9.17) is 17.3 Å². The fourth-order valence-corrected chi connectivity index (χ4v) is 5.52. The second-order valence-electron chi connectivity index (χ2n) is 7.63. The maximum Gasteiger partial charge on any atom is 0.233 e. The Bertz CT molecular complexity index is 905. The molecule has 2 aliphatic rings. The number of aromatic nitrogens is 3. The molecule has 0 atom stereocenters. The minimum atomic E-state index is -0.347. The van der Waals surface area contributed by atoms with Gasteiger partial charge in [0.15, 0.2) is 5.16 Å². The van der Waals surface area contributed by atoms with Gasteiger partial charge in [-0.15, -0.1) is 21.5 Å². The van der Waals surface area contributed by atoms with Gasteiger partial charge in [0, 0.05) is 56.5 Å². The Labute approximate surface area is 188 Å². The summed E-state index contributed by atoms with van der Waals surface area (Å²) in [6.07, 6.45) is 2.44. The van der Waals surface area contributed by atoms with Crippen molar-refractivity contribution in [3.63, 3.8) is 0 Å². The van der Waals surface area contributed by atoms with E-state index in [1.807, 2.05) is 15.5 Å². The lowest BCUT2D eigenvalue weighted by Gasteiger charge is -2.34. The largest absolute Gasteiger partial charge is 0.370 e. The number of primary amides is 1. The van der Waals surface area contributed by atoms with Crippen LogP contribution in [0.15, 0.2) is 17.3 Å². The van der Waals surface area contributed by atoms with Crippen molar-refractivity contribution in [2.75, 3.05) is 31.9 Å². The summed E-state index contributed by atoms with van der Waals surface area (Å²) in [7, 11) is 0. The first-order chi connectivity index (χ1) is 14.5. The Morgan fingerprint density at radius 1 is 1.20 bits per heavy atom. The smallest absolute Gasteiger partial charge is 0.233 e. The van der Waals surface area contributed by atoms with Crippen LogP contribution in [0.3, 0.4) is 0 Å². The predicted molar refractivity (Wildman–Crippen MR) is 118 cm³/mol. The van der Waals surface area contributed by atoms with E-state index in [0.717, 1.165) is 55.7 Å². The molecule has 1 aliphatic carbocycles. The second kappa shape index (κ2) is 9.67. The molecule has 2 amide bonds. The minimum Gasteiger partial charge on any atom is -0.370 e. The van der Waals surface area contributed by atoms with Crippen LogP contribution >= 0.6 is 34.7 Å². The van der Waals surface area contributed by atoms with Gasteiger partial charge in [-0.2, -0.15) is 0 Å². The third-order valence-electron chi connectivity index (χ3n) is 5.33. The number of hydrogen-bond acceptors (Lipinski definition) is 7. The summed E-state index contributed by atoms with van der Waals surface area (Å²) < 4.78 is 2.77. The van der Waals surface area contributed by atoms with Gasteiger partial charge in [-0.05, 0) is 25.0 Å². The standard InChI is InChI=1S/C19H25ClN6O2S2/c20-15-4-3-14(30-15)11-24-7-9-25(10-8-24)17(28)12-29-19-23-22-18(13-1-2-13)26(19)6-5-16(21)27/h3-4,13H,1-2,5-12H2,(H2,21,27). The number of thiophene rings is 1. The molecule has 0 bridgehead atoms. The fourth-order valence-electron chi connectivity index (χ4n) is 3.51. The first-order valence-corrected chi connectivity index (χ1v) is 12.3. The van der Waals surface area contributed by atoms with Crippen molar-refractivity contribution in [3.8, 4) is 0 Å². The van der Waals surface area contributed by atoms with E-state index in [1.54, 1.807) is 11.3 Å². The Balaban J connectivity index is 1.27. The van der Waals surface area contributed by atoms with Gasteiger partial charge < -0.3 is 15.2 Å². The topological polar surface area (TPSA) is 97.3 Å². The highest BCUT2D eigenvalue weighted by Gasteiger charge is 2.31. The van der Waals surface area contributed by atoms with Crippen LogP contribution in [0, 0.1) is 0 Å². The number of thioether (sulfide) groups is 1. The molecule has 30 heavy (non-hydrogen) atoms. The Morgan fingerprint density at radius 3 is 2.60 bits per heavy atom. The number of rotatable bonds is 9. The Kier molecular flexibility index (Phi) is 6.97. The molecule has 0 spiro atoms. The molecule has 1 saturated heterocycles. The second-order valence-corrected chi connectivity index (χ2v) is 10.4. The molecule has 2 fully saturated rings. The molecule has 2 aromatic rings. The van der Waals surface area contributed by atoms with Crippen molar-refractivity contribution >= 4 is 46.5 Å². The van der Waals surface area contributed by atoms with E-state index in [1.165, 1.54) is 16.6 Å². The third-order valence-corrected chi connectivity index (χ3v) is 7.50. The van der Waals surface area contributed by atoms with E-state index in [0.29, 0.717) is 23.4 Å². The molecule has 0 aromatic carbocycles. The van der Waals surface area contributed by atoms with E-state index in [9.17, 15) is 9.59 Å². The lowest BCUT2D eigenvalue weighted by atomic mass is 10.3. The van der Waals surface area contributed by atoms with Gasteiger partial charge in [0.2, 0.25) is 11.8 Å². The van der Waals surface area contributed by atoms with Crippen LogP contribution in [-0.4, -0.2) is 68.3 Å². The van der Waals surface area contributed by atoms with Gasteiger partial charge in [-0.25, -0.2) is 0 Å². The number of carbonyl (C=O) groups is 2. The highest BCUT2D eigenvalue weighted by atomic mass is 35.5. The number of halogens is 1. The number of amides is 2. The van der Waals surface area contributed by atoms with Crippen molar-refractivity contribution in [3.05, 3.63) is 27.2 Å². The van der Waals surface area contributed by atoms with Crippen LogP contribution in [0.4, 0.5) is 0 Å². The van der Waals surface area contributed by atoms with Gasteiger partial charge >= 0.3 is 0 Å². The normalized spacial score (nSPS) is 17.4. The zero-order chi connectivity index (χ0) is 21.1. The average molecular weight is 469 g/mol. The number of nitrogens with two attached hydrogens (primary N) is 1. The zero-order valence-electron chi connectivity index (χ0n) is 16.6.